The third kappa shape index (κ3) is 4.36. The molecular weight excluding hydrogens is 337 g/mol. The summed E-state index contributed by atoms with van der Waals surface area (Å²) in [5.74, 6) is -0.330. The maximum Gasteiger partial charge on any atom is 0.328 e. The first-order valence-corrected chi connectivity index (χ1v) is 6.77. The molecule has 2 rings (SSSR count). The number of rotatable bonds is 4. The van der Waals surface area contributed by atoms with E-state index in [-0.39, 0.29) is 0 Å². The van der Waals surface area contributed by atoms with Crippen LogP contribution in [0, 0.1) is 0 Å². The molecule has 0 radical (unpaired) electrons. The van der Waals surface area contributed by atoms with Crippen LogP contribution in [-0.4, -0.2) is 16.1 Å². The largest absolute Gasteiger partial charge is 0.478 e. The van der Waals surface area contributed by atoms with E-state index in [1.54, 1.807) is 6.07 Å². The summed E-state index contributed by atoms with van der Waals surface area (Å²) in [6, 6.07) is 4.58. The van der Waals surface area contributed by atoms with Crippen molar-refractivity contribution in [1.29, 1.82) is 0 Å². The van der Waals surface area contributed by atoms with Gasteiger partial charge in [-0.05, 0) is 23.8 Å². The van der Waals surface area contributed by atoms with Gasteiger partial charge in [-0.1, -0.05) is 34.8 Å². The molecule has 0 aliphatic rings. The fraction of sp³-hybridized carbons (Fsp3) is 0. The summed E-state index contributed by atoms with van der Waals surface area (Å²) in [6.45, 7) is 0. The molecule has 0 amide bonds. The van der Waals surface area contributed by atoms with Gasteiger partial charge in [-0.25, -0.2) is 4.79 Å². The lowest BCUT2D eigenvalue weighted by molar-refractivity contribution is -0.131. The van der Waals surface area contributed by atoms with Crippen LogP contribution in [0.1, 0.15) is 5.56 Å². The summed E-state index contributed by atoms with van der Waals surface area (Å²) < 4.78 is 5.57. The molecule has 2 aromatic rings. The fourth-order valence-electron chi connectivity index (χ4n) is 1.46. The van der Waals surface area contributed by atoms with E-state index in [2.05, 4.69) is 4.98 Å². The Balaban J connectivity index is 2.26. The van der Waals surface area contributed by atoms with Gasteiger partial charge < -0.3 is 9.84 Å². The second kappa shape index (κ2) is 6.80. The van der Waals surface area contributed by atoms with Gasteiger partial charge in [0.25, 0.3) is 0 Å². The highest BCUT2D eigenvalue weighted by Gasteiger charge is 2.08. The summed E-state index contributed by atoms with van der Waals surface area (Å²) in [6.07, 6.45) is 5.38. The van der Waals surface area contributed by atoms with Crippen LogP contribution < -0.4 is 4.74 Å². The number of aliphatic carboxylic acids is 1. The minimum Gasteiger partial charge on any atom is -0.478 e. The normalized spacial score (nSPS) is 10.8. The van der Waals surface area contributed by atoms with E-state index in [1.807, 2.05) is 0 Å². The maximum atomic E-state index is 10.5. The molecule has 0 unspecified atom stereocenters. The van der Waals surface area contributed by atoms with Crippen LogP contribution in [-0.2, 0) is 4.79 Å². The summed E-state index contributed by atoms with van der Waals surface area (Å²) in [4.78, 5) is 14.4. The molecule has 1 aromatic heterocycles. The lowest BCUT2D eigenvalue weighted by atomic mass is 10.2. The number of pyridine rings is 1. The summed E-state index contributed by atoms with van der Waals surface area (Å²) in [7, 11) is 0. The molecule has 0 atom stereocenters. The van der Waals surface area contributed by atoms with Crippen LogP contribution in [0.25, 0.3) is 6.08 Å². The molecule has 1 N–H and O–H groups in total. The molecule has 0 aliphatic carbocycles. The Labute approximate surface area is 135 Å². The predicted octanol–water partition coefficient (Wildman–Crippen LogP) is 4.93. The van der Waals surface area contributed by atoms with Crippen molar-refractivity contribution in [2.24, 2.45) is 0 Å². The van der Waals surface area contributed by atoms with Crippen LogP contribution in [0.3, 0.4) is 0 Å². The van der Waals surface area contributed by atoms with Crippen molar-refractivity contribution >= 4 is 46.8 Å². The number of hydrogen-bond donors (Lipinski definition) is 1. The molecule has 0 spiro atoms. The smallest absolute Gasteiger partial charge is 0.328 e. The van der Waals surface area contributed by atoms with Gasteiger partial charge in [0.15, 0.2) is 0 Å². The molecule has 1 aromatic carbocycles. The van der Waals surface area contributed by atoms with Gasteiger partial charge in [-0.2, -0.15) is 0 Å². The topological polar surface area (TPSA) is 59.4 Å². The Kier molecular flexibility index (Phi) is 5.07. The molecule has 0 saturated carbocycles. The summed E-state index contributed by atoms with van der Waals surface area (Å²) >= 11 is 17.8. The summed E-state index contributed by atoms with van der Waals surface area (Å²) in [5, 5.41) is 9.53. The highest BCUT2D eigenvalue weighted by molar-refractivity contribution is 6.43. The van der Waals surface area contributed by atoms with Gasteiger partial charge >= 0.3 is 5.97 Å². The average Bonchev–Trinajstić information content (AvgIpc) is 2.43. The van der Waals surface area contributed by atoms with E-state index in [9.17, 15) is 4.79 Å². The van der Waals surface area contributed by atoms with Crippen LogP contribution in [0.15, 0.2) is 36.7 Å². The van der Waals surface area contributed by atoms with Gasteiger partial charge in [0.1, 0.15) is 11.5 Å². The monoisotopic (exact) mass is 343 g/mol. The molecule has 1 heterocycles. The van der Waals surface area contributed by atoms with Gasteiger partial charge in [0.05, 0.1) is 21.3 Å². The minimum atomic E-state index is -1.05. The predicted molar refractivity (Wildman–Crippen MR) is 82.5 cm³/mol. The van der Waals surface area contributed by atoms with Gasteiger partial charge in [0, 0.05) is 18.3 Å². The molecular formula is C14H8Cl3NO3. The van der Waals surface area contributed by atoms with E-state index < -0.39 is 5.97 Å². The number of benzene rings is 1. The van der Waals surface area contributed by atoms with Crippen LogP contribution in [0.5, 0.6) is 11.5 Å². The lowest BCUT2D eigenvalue weighted by Crippen LogP contribution is -1.89. The number of hydrogen-bond acceptors (Lipinski definition) is 3. The van der Waals surface area contributed by atoms with Crippen molar-refractivity contribution < 1.29 is 14.6 Å². The first-order chi connectivity index (χ1) is 9.95. The van der Waals surface area contributed by atoms with Crippen LogP contribution in [0.4, 0.5) is 0 Å². The molecule has 0 aliphatic heterocycles. The number of aromatic nitrogens is 1. The van der Waals surface area contributed by atoms with Crippen molar-refractivity contribution in [2.45, 2.75) is 0 Å². The quantitative estimate of drug-likeness (QED) is 0.631. The SMILES string of the molecule is O=C(O)/C=C/c1cncc(Oc2cc(Cl)c(Cl)cc2Cl)c1. The third-order valence-electron chi connectivity index (χ3n) is 2.36. The lowest BCUT2D eigenvalue weighted by Gasteiger charge is -2.09. The van der Waals surface area contributed by atoms with Crippen molar-refractivity contribution in [3.05, 3.63) is 57.3 Å². The standard InChI is InChI=1S/C14H8Cl3NO3/c15-10-4-12(17)13(5-11(10)16)21-9-3-8(6-18-7-9)1-2-14(19)20/h1-7H,(H,19,20)/b2-1+. The van der Waals surface area contributed by atoms with Gasteiger partial charge in [0.2, 0.25) is 0 Å². The highest BCUT2D eigenvalue weighted by atomic mass is 35.5. The van der Waals surface area contributed by atoms with E-state index in [1.165, 1.54) is 30.6 Å². The maximum absolute atomic E-state index is 10.5. The second-order valence-electron chi connectivity index (χ2n) is 3.92. The number of halogens is 3. The van der Waals surface area contributed by atoms with Crippen LogP contribution >= 0.6 is 34.8 Å². The van der Waals surface area contributed by atoms with Crippen molar-refractivity contribution in [2.75, 3.05) is 0 Å². The Morgan fingerprint density at radius 2 is 1.81 bits per heavy atom. The number of carbonyl (C=O) groups is 1. The zero-order valence-electron chi connectivity index (χ0n) is 10.4. The van der Waals surface area contributed by atoms with E-state index >= 15 is 0 Å². The molecule has 0 fully saturated rings. The number of carboxylic acid groups (broad SMARTS) is 1. The first-order valence-electron chi connectivity index (χ1n) is 5.64. The van der Waals surface area contributed by atoms with Crippen LogP contribution in [0.2, 0.25) is 15.1 Å². The molecule has 108 valence electrons. The fourth-order valence-corrected chi connectivity index (χ4v) is 2.03. The zero-order chi connectivity index (χ0) is 15.4. The van der Waals surface area contributed by atoms with E-state index in [0.29, 0.717) is 32.1 Å². The van der Waals surface area contributed by atoms with E-state index in [4.69, 9.17) is 44.6 Å². The Morgan fingerprint density at radius 3 is 2.52 bits per heavy atom. The zero-order valence-corrected chi connectivity index (χ0v) is 12.7. The summed E-state index contributed by atoms with van der Waals surface area (Å²) in [5.41, 5.74) is 0.575. The molecule has 21 heavy (non-hydrogen) atoms. The Hall–Kier alpha value is -1.75. The second-order valence-corrected chi connectivity index (χ2v) is 5.15. The first kappa shape index (κ1) is 15.6. The Bertz CT molecular complexity index is 717. The Morgan fingerprint density at radius 1 is 1.10 bits per heavy atom. The number of ether oxygens (including phenoxy) is 1. The van der Waals surface area contributed by atoms with Crippen molar-refractivity contribution in [3.8, 4) is 11.5 Å². The minimum absolute atomic E-state index is 0.302. The molecule has 0 bridgehead atoms. The number of nitrogens with zero attached hydrogens (tertiary/aromatic N) is 1. The number of carboxylic acids is 1. The van der Waals surface area contributed by atoms with Gasteiger partial charge in [-0.15, -0.1) is 0 Å². The van der Waals surface area contributed by atoms with Crippen molar-refractivity contribution in [3.63, 3.8) is 0 Å². The third-order valence-corrected chi connectivity index (χ3v) is 3.37. The van der Waals surface area contributed by atoms with Gasteiger partial charge in [-0.3, -0.25) is 4.98 Å². The van der Waals surface area contributed by atoms with Crippen molar-refractivity contribution in [1.82, 2.24) is 4.98 Å². The van der Waals surface area contributed by atoms with E-state index in [0.717, 1.165) is 6.08 Å². The average molecular weight is 345 g/mol. The highest BCUT2D eigenvalue weighted by Crippen LogP contribution is 2.36. The molecule has 4 nitrogen and oxygen atoms in total. The molecule has 7 heteroatoms. The molecule has 0 saturated heterocycles.